The van der Waals surface area contributed by atoms with Crippen LogP contribution in [0.3, 0.4) is 0 Å². The van der Waals surface area contributed by atoms with Crippen LogP contribution in [0.25, 0.3) is 0 Å². The summed E-state index contributed by atoms with van der Waals surface area (Å²) in [5.74, 6) is -1.12. The Labute approximate surface area is 109 Å². The number of hydrogen-bond donors (Lipinski definition) is 3. The van der Waals surface area contributed by atoms with Crippen molar-refractivity contribution in [3.8, 4) is 11.5 Å². The van der Waals surface area contributed by atoms with Crippen molar-refractivity contribution >= 4 is 21.8 Å². The van der Waals surface area contributed by atoms with Crippen LogP contribution in [0, 0.1) is 0 Å². The van der Waals surface area contributed by atoms with Gasteiger partial charge in [-0.15, -0.1) is 0 Å². The van der Waals surface area contributed by atoms with E-state index in [9.17, 15) is 15.0 Å². The molecule has 4 nitrogen and oxygen atoms in total. The molecule has 1 aromatic carbocycles. The molecule has 0 saturated heterocycles. The maximum Gasteiger partial charge on any atom is 0.255 e. The van der Waals surface area contributed by atoms with Gasteiger partial charge in [-0.25, -0.2) is 0 Å². The van der Waals surface area contributed by atoms with Gasteiger partial charge in [0, 0.05) is 10.4 Å². The molecule has 0 aliphatic rings. The first-order valence-electron chi connectivity index (χ1n) is 5.23. The predicted octanol–water partition coefficient (Wildman–Crippen LogP) is 2.39. The number of phenolic OH excluding ortho intramolecular Hbond substituents is 2. The average molecular weight is 302 g/mol. The Morgan fingerprint density at radius 3 is 2.53 bits per heavy atom. The minimum absolute atomic E-state index is 0.0613. The predicted molar refractivity (Wildman–Crippen MR) is 69.7 cm³/mol. The van der Waals surface area contributed by atoms with Gasteiger partial charge in [-0.2, -0.15) is 0 Å². The van der Waals surface area contributed by atoms with E-state index in [2.05, 4.69) is 21.2 Å². The minimum atomic E-state index is -0.463. The Bertz CT molecular complexity index is 430. The lowest BCUT2D eigenvalue weighted by atomic mass is 10.0. The number of hydrogen-bond acceptors (Lipinski definition) is 3. The monoisotopic (exact) mass is 301 g/mol. The van der Waals surface area contributed by atoms with Crippen LogP contribution < -0.4 is 5.32 Å². The van der Waals surface area contributed by atoms with Crippen LogP contribution in [-0.2, 0) is 0 Å². The average Bonchev–Trinajstić information content (AvgIpc) is 2.21. The van der Waals surface area contributed by atoms with Crippen molar-refractivity contribution in [2.75, 3.05) is 0 Å². The highest BCUT2D eigenvalue weighted by molar-refractivity contribution is 9.09. The quantitative estimate of drug-likeness (QED) is 0.593. The highest BCUT2D eigenvalue weighted by Crippen LogP contribution is 2.28. The van der Waals surface area contributed by atoms with E-state index in [1.807, 2.05) is 20.8 Å². The number of rotatable bonds is 3. The third-order valence-corrected chi connectivity index (χ3v) is 3.83. The fourth-order valence-electron chi connectivity index (χ4n) is 1.17. The Morgan fingerprint density at radius 1 is 1.41 bits per heavy atom. The SMILES string of the molecule is CC(Br)C(C)(C)NC(=O)c1cccc(O)c1O. The van der Waals surface area contributed by atoms with Gasteiger partial charge in [-0.05, 0) is 26.0 Å². The lowest BCUT2D eigenvalue weighted by Crippen LogP contribution is -2.48. The van der Waals surface area contributed by atoms with E-state index in [1.54, 1.807) is 0 Å². The normalized spacial score (nSPS) is 13.2. The first-order valence-corrected chi connectivity index (χ1v) is 6.15. The third-order valence-electron chi connectivity index (χ3n) is 2.69. The molecule has 0 spiro atoms. The summed E-state index contributed by atoms with van der Waals surface area (Å²) in [4.78, 5) is 12.0. The summed E-state index contributed by atoms with van der Waals surface area (Å²) >= 11 is 3.40. The summed E-state index contributed by atoms with van der Waals surface area (Å²) in [5.41, 5.74) is -0.402. The molecular weight excluding hydrogens is 286 g/mol. The number of phenols is 2. The van der Waals surface area contributed by atoms with E-state index in [0.29, 0.717) is 0 Å². The summed E-state index contributed by atoms with van der Waals surface area (Å²) in [6, 6.07) is 4.29. The Morgan fingerprint density at radius 2 is 2.00 bits per heavy atom. The topological polar surface area (TPSA) is 69.6 Å². The van der Waals surface area contributed by atoms with Crippen LogP contribution in [0.5, 0.6) is 11.5 Å². The van der Waals surface area contributed by atoms with Gasteiger partial charge in [0.2, 0.25) is 0 Å². The summed E-state index contributed by atoms with van der Waals surface area (Å²) in [6.45, 7) is 5.65. The van der Waals surface area contributed by atoms with Crippen LogP contribution in [0.2, 0.25) is 0 Å². The van der Waals surface area contributed by atoms with Crippen molar-refractivity contribution in [1.29, 1.82) is 0 Å². The summed E-state index contributed by atoms with van der Waals surface area (Å²) in [7, 11) is 0. The second-order valence-corrected chi connectivity index (χ2v) is 5.84. The van der Waals surface area contributed by atoms with E-state index >= 15 is 0 Å². The number of aromatic hydroxyl groups is 2. The summed E-state index contributed by atoms with van der Waals surface area (Å²) in [6.07, 6.45) is 0. The van der Waals surface area contributed by atoms with Crippen LogP contribution in [0.4, 0.5) is 0 Å². The lowest BCUT2D eigenvalue weighted by Gasteiger charge is -2.29. The van der Waals surface area contributed by atoms with Crippen molar-refractivity contribution in [3.63, 3.8) is 0 Å². The smallest absolute Gasteiger partial charge is 0.255 e. The van der Waals surface area contributed by atoms with Gasteiger partial charge >= 0.3 is 0 Å². The lowest BCUT2D eigenvalue weighted by molar-refractivity contribution is 0.0910. The maximum atomic E-state index is 11.9. The molecule has 0 aliphatic carbocycles. The first kappa shape index (κ1) is 13.8. The zero-order valence-electron chi connectivity index (χ0n) is 9.99. The van der Waals surface area contributed by atoms with Gasteiger partial charge in [0.15, 0.2) is 11.5 Å². The van der Waals surface area contributed by atoms with Crippen LogP contribution in [0.15, 0.2) is 18.2 Å². The molecule has 0 fully saturated rings. The fourth-order valence-corrected chi connectivity index (χ4v) is 1.29. The second-order valence-electron chi connectivity index (χ2n) is 4.47. The zero-order valence-corrected chi connectivity index (χ0v) is 11.6. The number of halogens is 1. The Kier molecular flexibility index (Phi) is 4.03. The third kappa shape index (κ3) is 3.12. The number of carbonyl (C=O) groups is 1. The molecule has 0 heterocycles. The molecular formula is C12H16BrNO3. The molecule has 0 aromatic heterocycles. The fraction of sp³-hybridized carbons (Fsp3) is 0.417. The molecule has 94 valence electrons. The summed E-state index contributed by atoms with van der Waals surface area (Å²) in [5, 5.41) is 21.7. The molecule has 0 bridgehead atoms. The van der Waals surface area contributed by atoms with Crippen molar-refractivity contribution in [2.24, 2.45) is 0 Å². The highest BCUT2D eigenvalue weighted by Gasteiger charge is 2.27. The summed E-state index contributed by atoms with van der Waals surface area (Å²) < 4.78 is 0. The van der Waals surface area contributed by atoms with E-state index in [-0.39, 0.29) is 16.1 Å². The standard InChI is InChI=1S/C12H16BrNO3/c1-7(13)12(2,3)14-11(17)8-5-4-6-9(15)10(8)16/h4-7,15-16H,1-3H3,(H,14,17). The van der Waals surface area contributed by atoms with E-state index < -0.39 is 17.2 Å². The van der Waals surface area contributed by atoms with Gasteiger partial charge in [0.1, 0.15) is 0 Å². The molecule has 17 heavy (non-hydrogen) atoms. The Hall–Kier alpha value is -1.23. The van der Waals surface area contributed by atoms with Crippen molar-refractivity contribution < 1.29 is 15.0 Å². The number of alkyl halides is 1. The molecule has 0 aliphatic heterocycles. The van der Waals surface area contributed by atoms with Gasteiger partial charge in [-0.1, -0.05) is 28.9 Å². The number of nitrogens with one attached hydrogen (secondary N) is 1. The number of amides is 1. The molecule has 1 amide bonds. The van der Waals surface area contributed by atoms with Crippen LogP contribution >= 0.6 is 15.9 Å². The van der Waals surface area contributed by atoms with Gasteiger partial charge < -0.3 is 15.5 Å². The highest BCUT2D eigenvalue weighted by atomic mass is 79.9. The number of benzene rings is 1. The van der Waals surface area contributed by atoms with Gasteiger partial charge in [0.05, 0.1) is 5.56 Å². The first-order chi connectivity index (χ1) is 7.75. The zero-order chi connectivity index (χ0) is 13.2. The molecule has 0 saturated carbocycles. The van der Waals surface area contributed by atoms with Crippen LogP contribution in [-0.4, -0.2) is 26.5 Å². The Balaban J connectivity index is 2.95. The molecule has 0 radical (unpaired) electrons. The van der Waals surface area contributed by atoms with Gasteiger partial charge in [-0.3, -0.25) is 4.79 Å². The van der Waals surface area contributed by atoms with Crippen molar-refractivity contribution in [2.45, 2.75) is 31.1 Å². The van der Waals surface area contributed by atoms with Crippen LogP contribution in [0.1, 0.15) is 31.1 Å². The van der Waals surface area contributed by atoms with E-state index in [1.165, 1.54) is 18.2 Å². The molecule has 1 aromatic rings. The molecule has 1 unspecified atom stereocenters. The molecule has 5 heteroatoms. The van der Waals surface area contributed by atoms with E-state index in [4.69, 9.17) is 0 Å². The van der Waals surface area contributed by atoms with Crippen molar-refractivity contribution in [3.05, 3.63) is 23.8 Å². The minimum Gasteiger partial charge on any atom is -0.504 e. The van der Waals surface area contributed by atoms with E-state index in [0.717, 1.165) is 0 Å². The number of carbonyl (C=O) groups excluding carboxylic acids is 1. The molecule has 1 atom stereocenters. The van der Waals surface area contributed by atoms with Crippen molar-refractivity contribution in [1.82, 2.24) is 5.32 Å². The largest absolute Gasteiger partial charge is 0.504 e. The molecule has 1 rings (SSSR count). The van der Waals surface area contributed by atoms with Gasteiger partial charge in [0.25, 0.3) is 5.91 Å². The number of para-hydroxylation sites is 1. The molecule has 3 N–H and O–H groups in total. The maximum absolute atomic E-state index is 11.9. The second kappa shape index (κ2) is 4.96.